The Balaban J connectivity index is 2.01. The minimum atomic E-state index is -1.07. The molecule has 0 saturated heterocycles. The van der Waals surface area contributed by atoms with E-state index >= 15 is 0 Å². The molecule has 1 aliphatic carbocycles. The summed E-state index contributed by atoms with van der Waals surface area (Å²) in [5.74, 6) is -1.90. The Morgan fingerprint density at radius 3 is 1.95 bits per heavy atom. The standard InChI is InChI=1S/C16H20N2O4/c1-9(2)13(16(21)22)18-15(20)11-5-3-10(4-6-11)14(19)17-12-7-8-12/h3-6,9,12-13H,7-8H2,1-2H3,(H,17,19)(H,18,20)(H,21,22)/t13-/m0/s1. The first-order valence-corrected chi connectivity index (χ1v) is 7.33. The van der Waals surface area contributed by atoms with E-state index in [1.807, 2.05) is 0 Å². The van der Waals surface area contributed by atoms with Crippen LogP contribution in [0.3, 0.4) is 0 Å². The van der Waals surface area contributed by atoms with Crippen molar-refractivity contribution in [1.29, 1.82) is 0 Å². The molecule has 0 aliphatic heterocycles. The lowest BCUT2D eigenvalue weighted by Gasteiger charge is -2.17. The molecule has 1 aromatic rings. The highest BCUT2D eigenvalue weighted by Gasteiger charge is 2.25. The molecular formula is C16H20N2O4. The SMILES string of the molecule is CC(C)[C@H](NC(=O)c1ccc(C(=O)NC2CC2)cc1)C(=O)O. The topological polar surface area (TPSA) is 95.5 Å². The van der Waals surface area contributed by atoms with Gasteiger partial charge in [0.2, 0.25) is 0 Å². The third-order valence-corrected chi connectivity index (χ3v) is 3.54. The van der Waals surface area contributed by atoms with E-state index in [1.165, 1.54) is 12.1 Å². The van der Waals surface area contributed by atoms with Crippen LogP contribution in [0.25, 0.3) is 0 Å². The lowest BCUT2D eigenvalue weighted by Crippen LogP contribution is -2.44. The number of amides is 2. The molecule has 0 aromatic heterocycles. The summed E-state index contributed by atoms with van der Waals surface area (Å²) in [6, 6.07) is 5.52. The van der Waals surface area contributed by atoms with E-state index in [4.69, 9.17) is 5.11 Å². The summed E-state index contributed by atoms with van der Waals surface area (Å²) < 4.78 is 0. The number of carboxylic acid groups (broad SMARTS) is 1. The number of hydrogen-bond donors (Lipinski definition) is 3. The lowest BCUT2D eigenvalue weighted by molar-refractivity contribution is -0.140. The second-order valence-electron chi connectivity index (χ2n) is 5.86. The van der Waals surface area contributed by atoms with Gasteiger partial charge in [-0.2, -0.15) is 0 Å². The van der Waals surface area contributed by atoms with Crippen LogP contribution in [0.5, 0.6) is 0 Å². The molecule has 0 heterocycles. The van der Waals surface area contributed by atoms with Gasteiger partial charge in [0, 0.05) is 17.2 Å². The first-order chi connectivity index (χ1) is 10.4. The fraction of sp³-hybridized carbons (Fsp3) is 0.438. The van der Waals surface area contributed by atoms with E-state index < -0.39 is 17.9 Å². The molecule has 6 nitrogen and oxygen atoms in total. The molecule has 1 saturated carbocycles. The zero-order chi connectivity index (χ0) is 16.3. The highest BCUT2D eigenvalue weighted by atomic mass is 16.4. The quantitative estimate of drug-likeness (QED) is 0.740. The number of carbonyl (C=O) groups is 3. The number of carbonyl (C=O) groups excluding carboxylic acids is 2. The van der Waals surface area contributed by atoms with Crippen molar-refractivity contribution in [2.45, 2.75) is 38.8 Å². The number of hydrogen-bond acceptors (Lipinski definition) is 3. The van der Waals surface area contributed by atoms with Gasteiger partial charge in [-0.25, -0.2) is 4.79 Å². The molecule has 2 rings (SSSR count). The van der Waals surface area contributed by atoms with Crippen LogP contribution in [-0.2, 0) is 4.79 Å². The Labute approximate surface area is 128 Å². The largest absolute Gasteiger partial charge is 0.480 e. The predicted octanol–water partition coefficient (Wildman–Crippen LogP) is 1.42. The van der Waals surface area contributed by atoms with Crippen molar-refractivity contribution in [2.75, 3.05) is 0 Å². The Morgan fingerprint density at radius 1 is 1.05 bits per heavy atom. The Bertz CT molecular complexity index is 576. The second kappa shape index (κ2) is 6.60. The summed E-state index contributed by atoms with van der Waals surface area (Å²) in [4.78, 5) is 35.0. The van der Waals surface area contributed by atoms with E-state index in [1.54, 1.807) is 26.0 Å². The van der Waals surface area contributed by atoms with Crippen molar-refractivity contribution in [3.63, 3.8) is 0 Å². The van der Waals surface area contributed by atoms with Gasteiger partial charge in [-0.15, -0.1) is 0 Å². The molecule has 3 N–H and O–H groups in total. The number of rotatable bonds is 6. The van der Waals surface area contributed by atoms with E-state index in [9.17, 15) is 14.4 Å². The van der Waals surface area contributed by atoms with Gasteiger partial charge in [-0.1, -0.05) is 13.8 Å². The predicted molar refractivity (Wildman–Crippen MR) is 80.7 cm³/mol. The average molecular weight is 304 g/mol. The normalized spacial score (nSPS) is 15.2. The Kier molecular flexibility index (Phi) is 4.80. The number of carboxylic acids is 1. The van der Waals surface area contributed by atoms with Gasteiger partial charge < -0.3 is 15.7 Å². The summed E-state index contributed by atoms with van der Waals surface area (Å²) in [6.07, 6.45) is 2.02. The van der Waals surface area contributed by atoms with Crippen molar-refractivity contribution in [3.8, 4) is 0 Å². The van der Waals surface area contributed by atoms with Gasteiger partial charge in [0.1, 0.15) is 6.04 Å². The average Bonchev–Trinajstić information content (AvgIpc) is 3.27. The first kappa shape index (κ1) is 16.0. The monoisotopic (exact) mass is 304 g/mol. The first-order valence-electron chi connectivity index (χ1n) is 7.33. The van der Waals surface area contributed by atoms with Crippen molar-refractivity contribution < 1.29 is 19.5 Å². The van der Waals surface area contributed by atoms with Gasteiger partial charge in [0.15, 0.2) is 0 Å². The molecule has 0 radical (unpaired) electrons. The van der Waals surface area contributed by atoms with Crippen LogP contribution in [0.4, 0.5) is 0 Å². The van der Waals surface area contributed by atoms with Gasteiger partial charge in [0.25, 0.3) is 11.8 Å². The molecule has 0 bridgehead atoms. The van der Waals surface area contributed by atoms with Crippen molar-refractivity contribution >= 4 is 17.8 Å². The summed E-state index contributed by atoms with van der Waals surface area (Å²) in [7, 11) is 0. The molecule has 1 aromatic carbocycles. The molecule has 118 valence electrons. The van der Waals surface area contributed by atoms with Gasteiger partial charge in [-0.05, 0) is 43.0 Å². The molecular weight excluding hydrogens is 284 g/mol. The molecule has 0 spiro atoms. The van der Waals surface area contributed by atoms with Crippen molar-refractivity contribution in [3.05, 3.63) is 35.4 Å². The highest BCUT2D eigenvalue weighted by Crippen LogP contribution is 2.19. The second-order valence-corrected chi connectivity index (χ2v) is 5.86. The maximum Gasteiger partial charge on any atom is 0.326 e. The highest BCUT2D eigenvalue weighted by molar-refractivity contribution is 5.99. The Morgan fingerprint density at radius 2 is 1.55 bits per heavy atom. The summed E-state index contributed by atoms with van der Waals surface area (Å²) >= 11 is 0. The fourth-order valence-corrected chi connectivity index (χ4v) is 2.01. The maximum atomic E-state index is 12.1. The van der Waals surface area contributed by atoms with Crippen molar-refractivity contribution in [2.24, 2.45) is 5.92 Å². The minimum absolute atomic E-state index is 0.153. The zero-order valence-electron chi connectivity index (χ0n) is 12.6. The van der Waals surface area contributed by atoms with Crippen LogP contribution in [0.2, 0.25) is 0 Å². The van der Waals surface area contributed by atoms with Crippen LogP contribution < -0.4 is 10.6 Å². The summed E-state index contributed by atoms with van der Waals surface area (Å²) in [5.41, 5.74) is 0.817. The molecule has 2 amide bonds. The lowest BCUT2D eigenvalue weighted by atomic mass is 10.0. The summed E-state index contributed by atoms with van der Waals surface area (Å²) in [6.45, 7) is 3.45. The van der Waals surface area contributed by atoms with E-state index in [-0.39, 0.29) is 17.9 Å². The number of benzene rings is 1. The minimum Gasteiger partial charge on any atom is -0.480 e. The van der Waals surface area contributed by atoms with Crippen LogP contribution in [0, 0.1) is 5.92 Å². The number of aliphatic carboxylic acids is 1. The van der Waals surface area contributed by atoms with Crippen LogP contribution in [0.15, 0.2) is 24.3 Å². The van der Waals surface area contributed by atoms with Crippen molar-refractivity contribution in [1.82, 2.24) is 10.6 Å². The number of nitrogens with one attached hydrogen (secondary N) is 2. The molecule has 6 heteroatoms. The third-order valence-electron chi connectivity index (χ3n) is 3.54. The molecule has 1 atom stereocenters. The third kappa shape index (κ3) is 4.07. The smallest absolute Gasteiger partial charge is 0.326 e. The molecule has 0 unspecified atom stereocenters. The summed E-state index contributed by atoms with van der Waals surface area (Å²) in [5, 5.41) is 14.4. The van der Waals surface area contributed by atoms with Crippen LogP contribution in [-0.4, -0.2) is 35.0 Å². The van der Waals surface area contributed by atoms with Gasteiger partial charge in [0.05, 0.1) is 0 Å². The van der Waals surface area contributed by atoms with Gasteiger partial charge in [-0.3, -0.25) is 9.59 Å². The maximum absolute atomic E-state index is 12.1. The van der Waals surface area contributed by atoms with Gasteiger partial charge >= 0.3 is 5.97 Å². The van der Waals surface area contributed by atoms with E-state index in [2.05, 4.69) is 10.6 Å². The Hall–Kier alpha value is -2.37. The van der Waals surface area contributed by atoms with Crippen LogP contribution >= 0.6 is 0 Å². The fourth-order valence-electron chi connectivity index (χ4n) is 2.01. The van der Waals surface area contributed by atoms with E-state index in [0.29, 0.717) is 11.1 Å². The van der Waals surface area contributed by atoms with Crippen LogP contribution in [0.1, 0.15) is 47.4 Å². The zero-order valence-corrected chi connectivity index (χ0v) is 12.6. The molecule has 22 heavy (non-hydrogen) atoms. The van der Waals surface area contributed by atoms with E-state index in [0.717, 1.165) is 12.8 Å². The molecule has 1 fully saturated rings. The molecule has 1 aliphatic rings.